The lowest BCUT2D eigenvalue weighted by Crippen LogP contribution is -2.21. The molecule has 0 radical (unpaired) electrons. The zero-order valence-corrected chi connectivity index (χ0v) is 10.7. The van der Waals surface area contributed by atoms with Crippen LogP contribution in [0.1, 0.15) is 26.7 Å². The maximum Gasteiger partial charge on any atom is 0.243 e. The van der Waals surface area contributed by atoms with E-state index in [1.165, 1.54) is 6.33 Å². The van der Waals surface area contributed by atoms with Crippen LogP contribution in [0.5, 0.6) is 5.88 Å². The van der Waals surface area contributed by atoms with Crippen LogP contribution in [0, 0.1) is 0 Å². The quantitative estimate of drug-likeness (QED) is 0.813. The zero-order valence-electron chi connectivity index (χ0n) is 10.7. The van der Waals surface area contributed by atoms with Gasteiger partial charge in [0, 0.05) is 6.61 Å². The van der Waals surface area contributed by atoms with Crippen LogP contribution in [0.25, 0.3) is 11.2 Å². The Morgan fingerprint density at radius 3 is 2.94 bits per heavy atom. The SMILES string of the molecule is CCCOC(CC)COc1ncnc2nc[nH]c12. The Morgan fingerprint density at radius 2 is 2.17 bits per heavy atom. The van der Waals surface area contributed by atoms with Gasteiger partial charge in [0.25, 0.3) is 0 Å². The van der Waals surface area contributed by atoms with Gasteiger partial charge >= 0.3 is 0 Å². The monoisotopic (exact) mass is 250 g/mol. The van der Waals surface area contributed by atoms with Crippen LogP contribution in [0.15, 0.2) is 12.7 Å². The number of fused-ring (bicyclic) bond motifs is 1. The van der Waals surface area contributed by atoms with Crippen molar-refractivity contribution < 1.29 is 9.47 Å². The maximum absolute atomic E-state index is 5.68. The fourth-order valence-corrected chi connectivity index (χ4v) is 1.59. The first-order chi connectivity index (χ1) is 8.85. The summed E-state index contributed by atoms with van der Waals surface area (Å²) in [5, 5.41) is 0. The molecule has 0 amide bonds. The highest BCUT2D eigenvalue weighted by molar-refractivity contribution is 5.74. The molecule has 18 heavy (non-hydrogen) atoms. The van der Waals surface area contributed by atoms with E-state index in [4.69, 9.17) is 9.47 Å². The standard InChI is InChI=1S/C12H18N4O2/c1-3-5-17-9(4-2)6-18-12-10-11(14-7-13-10)15-8-16-12/h7-9H,3-6H2,1-2H3,(H,13,14,15,16). The summed E-state index contributed by atoms with van der Waals surface area (Å²) in [5.74, 6) is 0.524. The van der Waals surface area contributed by atoms with Gasteiger partial charge in [0.2, 0.25) is 5.88 Å². The van der Waals surface area contributed by atoms with Crippen molar-refractivity contribution in [3.63, 3.8) is 0 Å². The zero-order chi connectivity index (χ0) is 12.8. The van der Waals surface area contributed by atoms with E-state index >= 15 is 0 Å². The smallest absolute Gasteiger partial charge is 0.243 e. The summed E-state index contributed by atoms with van der Waals surface area (Å²) >= 11 is 0. The summed E-state index contributed by atoms with van der Waals surface area (Å²) < 4.78 is 11.3. The van der Waals surface area contributed by atoms with Gasteiger partial charge in [-0.25, -0.2) is 9.97 Å². The van der Waals surface area contributed by atoms with Gasteiger partial charge in [0.15, 0.2) is 5.65 Å². The van der Waals surface area contributed by atoms with Crippen LogP contribution >= 0.6 is 0 Å². The van der Waals surface area contributed by atoms with Crippen LogP contribution in [0.2, 0.25) is 0 Å². The summed E-state index contributed by atoms with van der Waals surface area (Å²) in [6, 6.07) is 0. The van der Waals surface area contributed by atoms with Crippen LogP contribution in [0.3, 0.4) is 0 Å². The van der Waals surface area contributed by atoms with Gasteiger partial charge in [-0.05, 0) is 12.8 Å². The summed E-state index contributed by atoms with van der Waals surface area (Å²) in [4.78, 5) is 15.2. The summed E-state index contributed by atoms with van der Waals surface area (Å²) in [6.45, 7) is 5.41. The predicted molar refractivity (Wildman–Crippen MR) is 67.5 cm³/mol. The lowest BCUT2D eigenvalue weighted by atomic mass is 10.3. The number of aromatic nitrogens is 4. The number of H-pyrrole nitrogens is 1. The fourth-order valence-electron chi connectivity index (χ4n) is 1.59. The molecule has 0 spiro atoms. The lowest BCUT2D eigenvalue weighted by molar-refractivity contribution is 0.0178. The topological polar surface area (TPSA) is 72.9 Å². The second kappa shape index (κ2) is 6.30. The lowest BCUT2D eigenvalue weighted by Gasteiger charge is -2.16. The van der Waals surface area contributed by atoms with E-state index in [1.807, 2.05) is 0 Å². The van der Waals surface area contributed by atoms with E-state index in [0.717, 1.165) is 25.0 Å². The molecule has 0 saturated carbocycles. The highest BCUT2D eigenvalue weighted by atomic mass is 16.5. The van der Waals surface area contributed by atoms with Crippen LogP contribution in [-0.4, -0.2) is 39.3 Å². The molecule has 2 rings (SSSR count). The van der Waals surface area contributed by atoms with Crippen molar-refractivity contribution in [2.75, 3.05) is 13.2 Å². The number of imidazole rings is 1. The minimum absolute atomic E-state index is 0.0953. The number of ether oxygens (including phenoxy) is 2. The first-order valence-electron chi connectivity index (χ1n) is 6.23. The van der Waals surface area contributed by atoms with Gasteiger partial charge in [-0.15, -0.1) is 0 Å². The summed E-state index contributed by atoms with van der Waals surface area (Å²) in [6.07, 6.45) is 5.05. The molecule has 0 bridgehead atoms. The average Bonchev–Trinajstić information content (AvgIpc) is 2.88. The minimum atomic E-state index is 0.0953. The fraction of sp³-hybridized carbons (Fsp3) is 0.583. The average molecular weight is 250 g/mol. The largest absolute Gasteiger partial charge is 0.473 e. The Bertz CT molecular complexity index is 486. The second-order valence-electron chi connectivity index (χ2n) is 3.99. The highest BCUT2D eigenvalue weighted by Gasteiger charge is 2.11. The van der Waals surface area contributed by atoms with Crippen molar-refractivity contribution in [2.45, 2.75) is 32.8 Å². The van der Waals surface area contributed by atoms with Crippen molar-refractivity contribution >= 4 is 11.2 Å². The van der Waals surface area contributed by atoms with Gasteiger partial charge in [-0.1, -0.05) is 13.8 Å². The third kappa shape index (κ3) is 2.95. The second-order valence-corrected chi connectivity index (χ2v) is 3.99. The molecule has 6 nitrogen and oxygen atoms in total. The van der Waals surface area contributed by atoms with Crippen molar-refractivity contribution in [1.29, 1.82) is 0 Å². The van der Waals surface area contributed by atoms with Crippen molar-refractivity contribution in [2.24, 2.45) is 0 Å². The molecule has 0 aliphatic heterocycles. The van der Waals surface area contributed by atoms with E-state index in [0.29, 0.717) is 18.1 Å². The van der Waals surface area contributed by atoms with E-state index in [-0.39, 0.29) is 6.10 Å². The predicted octanol–water partition coefficient (Wildman–Crippen LogP) is 1.94. The van der Waals surface area contributed by atoms with Crippen molar-refractivity contribution in [3.05, 3.63) is 12.7 Å². The van der Waals surface area contributed by atoms with Crippen LogP contribution < -0.4 is 4.74 Å². The molecule has 0 fully saturated rings. The van der Waals surface area contributed by atoms with Crippen LogP contribution in [0.4, 0.5) is 0 Å². The molecule has 1 unspecified atom stereocenters. The van der Waals surface area contributed by atoms with E-state index < -0.39 is 0 Å². The normalized spacial score (nSPS) is 12.8. The van der Waals surface area contributed by atoms with Gasteiger partial charge in [0.05, 0.1) is 12.4 Å². The molecule has 0 aliphatic carbocycles. The number of aromatic amines is 1. The molecular formula is C12H18N4O2. The molecule has 0 aromatic carbocycles. The Morgan fingerprint density at radius 1 is 1.28 bits per heavy atom. The molecule has 2 heterocycles. The van der Waals surface area contributed by atoms with Crippen molar-refractivity contribution in [3.8, 4) is 5.88 Å². The Balaban J connectivity index is 1.98. The molecule has 2 aromatic rings. The van der Waals surface area contributed by atoms with Gasteiger partial charge in [-0.3, -0.25) is 0 Å². The molecule has 6 heteroatoms. The molecule has 0 saturated heterocycles. The van der Waals surface area contributed by atoms with Gasteiger partial charge < -0.3 is 14.5 Å². The Kier molecular flexibility index (Phi) is 4.46. The number of rotatable bonds is 7. The molecule has 1 N–H and O–H groups in total. The summed E-state index contributed by atoms with van der Waals surface area (Å²) in [7, 11) is 0. The van der Waals surface area contributed by atoms with Gasteiger partial charge in [0.1, 0.15) is 18.5 Å². The van der Waals surface area contributed by atoms with E-state index in [1.54, 1.807) is 6.33 Å². The van der Waals surface area contributed by atoms with E-state index in [9.17, 15) is 0 Å². The third-order valence-electron chi connectivity index (χ3n) is 2.61. The minimum Gasteiger partial charge on any atom is -0.473 e. The molecule has 98 valence electrons. The molecule has 2 aromatic heterocycles. The summed E-state index contributed by atoms with van der Waals surface area (Å²) in [5.41, 5.74) is 1.34. The Hall–Kier alpha value is -1.69. The first kappa shape index (κ1) is 12.8. The van der Waals surface area contributed by atoms with Crippen molar-refractivity contribution in [1.82, 2.24) is 19.9 Å². The number of nitrogens with one attached hydrogen (secondary N) is 1. The molecule has 0 aliphatic rings. The number of hydrogen-bond acceptors (Lipinski definition) is 5. The third-order valence-corrected chi connectivity index (χ3v) is 2.61. The highest BCUT2D eigenvalue weighted by Crippen LogP contribution is 2.17. The maximum atomic E-state index is 5.68. The first-order valence-corrected chi connectivity index (χ1v) is 6.23. The molecular weight excluding hydrogens is 232 g/mol. The number of hydrogen-bond donors (Lipinski definition) is 1. The number of nitrogens with zero attached hydrogens (tertiary/aromatic N) is 3. The van der Waals surface area contributed by atoms with Gasteiger partial charge in [-0.2, -0.15) is 4.98 Å². The van der Waals surface area contributed by atoms with E-state index in [2.05, 4.69) is 33.8 Å². The Labute approximate surface area is 106 Å². The van der Waals surface area contributed by atoms with Crippen LogP contribution in [-0.2, 0) is 4.74 Å². The molecule has 1 atom stereocenters.